The highest BCUT2D eigenvalue weighted by molar-refractivity contribution is 5.85. The molecule has 2 unspecified atom stereocenters. The first-order valence-corrected chi connectivity index (χ1v) is 6.57. The number of nitrogens with one attached hydrogen (secondary N) is 2. The average molecular weight is 263 g/mol. The molecule has 1 heterocycles. The van der Waals surface area contributed by atoms with Gasteiger partial charge in [-0.2, -0.15) is 0 Å². The van der Waals surface area contributed by atoms with E-state index in [0.717, 1.165) is 19.6 Å². The molecule has 1 fully saturated rings. The zero-order valence-electron chi connectivity index (χ0n) is 11.3. The summed E-state index contributed by atoms with van der Waals surface area (Å²) >= 11 is 0. The Morgan fingerprint density at radius 2 is 2.12 bits per heavy atom. The van der Waals surface area contributed by atoms with Crippen LogP contribution in [0.25, 0.3) is 0 Å². The van der Waals surface area contributed by atoms with Crippen molar-refractivity contribution in [2.24, 2.45) is 17.8 Å². The van der Waals surface area contributed by atoms with Crippen LogP contribution in [0.5, 0.6) is 0 Å². The lowest BCUT2D eigenvalue weighted by atomic mass is 9.94. The third-order valence-electron chi connectivity index (χ3n) is 3.63. The number of hydrogen-bond acceptors (Lipinski definition) is 2. The first-order chi connectivity index (χ1) is 7.59. The van der Waals surface area contributed by atoms with E-state index in [1.54, 1.807) is 0 Å². The van der Waals surface area contributed by atoms with Gasteiger partial charge in [-0.25, -0.2) is 0 Å². The van der Waals surface area contributed by atoms with Gasteiger partial charge >= 0.3 is 0 Å². The summed E-state index contributed by atoms with van der Waals surface area (Å²) in [6.07, 6.45) is 3.15. The molecule has 0 radical (unpaired) electrons. The first-order valence-electron chi connectivity index (χ1n) is 6.57. The molecule has 1 aliphatic heterocycles. The molecular formula is C13H27ClN2O. The fourth-order valence-corrected chi connectivity index (χ4v) is 1.96. The summed E-state index contributed by atoms with van der Waals surface area (Å²) in [4.78, 5) is 11.7. The summed E-state index contributed by atoms with van der Waals surface area (Å²) in [5.41, 5.74) is 0. The number of halogens is 1. The molecule has 0 aromatic heterocycles. The van der Waals surface area contributed by atoms with Crippen LogP contribution < -0.4 is 10.6 Å². The summed E-state index contributed by atoms with van der Waals surface area (Å²) < 4.78 is 0. The van der Waals surface area contributed by atoms with Crippen molar-refractivity contribution in [1.82, 2.24) is 10.6 Å². The monoisotopic (exact) mass is 262 g/mol. The van der Waals surface area contributed by atoms with Gasteiger partial charge in [-0.05, 0) is 43.7 Å². The van der Waals surface area contributed by atoms with Crippen molar-refractivity contribution < 1.29 is 4.79 Å². The Kier molecular flexibility index (Phi) is 8.61. The summed E-state index contributed by atoms with van der Waals surface area (Å²) in [5, 5.41) is 6.43. The maximum atomic E-state index is 11.7. The van der Waals surface area contributed by atoms with Crippen LogP contribution in [0.3, 0.4) is 0 Å². The van der Waals surface area contributed by atoms with Crippen molar-refractivity contribution in [3.8, 4) is 0 Å². The van der Waals surface area contributed by atoms with E-state index in [-0.39, 0.29) is 18.3 Å². The molecule has 0 aromatic rings. The SMILES string of the molecule is CC(C)C(C)CC(=O)NCC1CCCNC1.Cl. The van der Waals surface area contributed by atoms with Gasteiger partial charge in [0.05, 0.1) is 0 Å². The molecule has 0 bridgehead atoms. The molecule has 2 atom stereocenters. The maximum absolute atomic E-state index is 11.7. The summed E-state index contributed by atoms with van der Waals surface area (Å²) in [6, 6.07) is 0. The van der Waals surface area contributed by atoms with E-state index < -0.39 is 0 Å². The Morgan fingerprint density at radius 1 is 1.41 bits per heavy atom. The van der Waals surface area contributed by atoms with Crippen molar-refractivity contribution in [3.05, 3.63) is 0 Å². The standard InChI is InChI=1S/C13H26N2O.ClH/c1-10(2)11(3)7-13(16)15-9-12-5-4-6-14-8-12;/h10-12,14H,4-9H2,1-3H3,(H,15,16);1H. The number of carbonyl (C=O) groups excluding carboxylic acids is 1. The minimum absolute atomic E-state index is 0. The fourth-order valence-electron chi connectivity index (χ4n) is 1.96. The number of rotatable bonds is 5. The highest BCUT2D eigenvalue weighted by atomic mass is 35.5. The first kappa shape index (κ1) is 16.7. The third kappa shape index (κ3) is 6.89. The molecule has 3 nitrogen and oxygen atoms in total. The maximum Gasteiger partial charge on any atom is 0.220 e. The van der Waals surface area contributed by atoms with E-state index in [0.29, 0.717) is 24.2 Å². The number of piperidine rings is 1. The second kappa shape index (κ2) is 8.76. The van der Waals surface area contributed by atoms with E-state index in [1.165, 1.54) is 12.8 Å². The molecule has 17 heavy (non-hydrogen) atoms. The lowest BCUT2D eigenvalue weighted by molar-refractivity contribution is -0.122. The van der Waals surface area contributed by atoms with Crippen molar-refractivity contribution in [2.75, 3.05) is 19.6 Å². The van der Waals surface area contributed by atoms with Gasteiger partial charge in [0, 0.05) is 13.0 Å². The van der Waals surface area contributed by atoms with Crippen LogP contribution in [0, 0.1) is 17.8 Å². The molecule has 4 heteroatoms. The number of hydrogen-bond donors (Lipinski definition) is 2. The van der Waals surface area contributed by atoms with Gasteiger partial charge in [0.25, 0.3) is 0 Å². The normalized spacial score (nSPS) is 21.8. The van der Waals surface area contributed by atoms with Gasteiger partial charge < -0.3 is 10.6 Å². The smallest absolute Gasteiger partial charge is 0.220 e. The van der Waals surface area contributed by atoms with Crippen LogP contribution in [0.15, 0.2) is 0 Å². The number of carbonyl (C=O) groups is 1. The van der Waals surface area contributed by atoms with Gasteiger partial charge in [0.1, 0.15) is 0 Å². The summed E-state index contributed by atoms with van der Waals surface area (Å²) in [7, 11) is 0. The lowest BCUT2D eigenvalue weighted by Crippen LogP contribution is -2.38. The lowest BCUT2D eigenvalue weighted by Gasteiger charge is -2.23. The minimum atomic E-state index is 0. The van der Waals surface area contributed by atoms with Gasteiger partial charge in [0.15, 0.2) is 0 Å². The topological polar surface area (TPSA) is 41.1 Å². The van der Waals surface area contributed by atoms with Crippen molar-refractivity contribution in [2.45, 2.75) is 40.0 Å². The van der Waals surface area contributed by atoms with E-state index in [2.05, 4.69) is 31.4 Å². The van der Waals surface area contributed by atoms with Crippen LogP contribution >= 0.6 is 12.4 Å². The van der Waals surface area contributed by atoms with Crippen LogP contribution in [0.2, 0.25) is 0 Å². The average Bonchev–Trinajstić information content (AvgIpc) is 2.27. The van der Waals surface area contributed by atoms with Gasteiger partial charge in [-0.3, -0.25) is 4.79 Å². The van der Waals surface area contributed by atoms with Crippen molar-refractivity contribution >= 4 is 18.3 Å². The Hall–Kier alpha value is -0.280. The highest BCUT2D eigenvalue weighted by Crippen LogP contribution is 2.14. The second-order valence-corrected chi connectivity index (χ2v) is 5.44. The Balaban J connectivity index is 0.00000256. The Bertz CT molecular complexity index is 215. The highest BCUT2D eigenvalue weighted by Gasteiger charge is 2.16. The Morgan fingerprint density at radius 3 is 2.65 bits per heavy atom. The third-order valence-corrected chi connectivity index (χ3v) is 3.63. The minimum Gasteiger partial charge on any atom is -0.356 e. The molecule has 0 saturated carbocycles. The van der Waals surface area contributed by atoms with E-state index in [9.17, 15) is 4.79 Å². The summed E-state index contributed by atoms with van der Waals surface area (Å²) in [5.74, 6) is 1.91. The van der Waals surface area contributed by atoms with Crippen molar-refractivity contribution in [3.63, 3.8) is 0 Å². The largest absolute Gasteiger partial charge is 0.356 e. The molecule has 1 amide bonds. The molecule has 0 aromatic carbocycles. The fraction of sp³-hybridized carbons (Fsp3) is 0.923. The van der Waals surface area contributed by atoms with Crippen LogP contribution in [-0.4, -0.2) is 25.5 Å². The quantitative estimate of drug-likeness (QED) is 0.798. The van der Waals surface area contributed by atoms with E-state index in [1.807, 2.05) is 0 Å². The molecule has 0 aliphatic carbocycles. The molecule has 0 spiro atoms. The predicted octanol–water partition coefficient (Wildman–Crippen LogP) is 2.21. The number of amides is 1. The Labute approximate surface area is 112 Å². The van der Waals surface area contributed by atoms with Crippen molar-refractivity contribution in [1.29, 1.82) is 0 Å². The van der Waals surface area contributed by atoms with Crippen LogP contribution in [0.4, 0.5) is 0 Å². The van der Waals surface area contributed by atoms with Crippen LogP contribution in [0.1, 0.15) is 40.0 Å². The zero-order valence-corrected chi connectivity index (χ0v) is 12.1. The van der Waals surface area contributed by atoms with E-state index in [4.69, 9.17) is 0 Å². The second-order valence-electron chi connectivity index (χ2n) is 5.44. The molecule has 1 aliphatic rings. The van der Waals surface area contributed by atoms with E-state index >= 15 is 0 Å². The molecule has 1 saturated heterocycles. The molecular weight excluding hydrogens is 236 g/mol. The predicted molar refractivity (Wildman–Crippen MR) is 74.5 cm³/mol. The molecule has 102 valence electrons. The zero-order chi connectivity index (χ0) is 12.0. The van der Waals surface area contributed by atoms with Gasteiger partial charge in [-0.15, -0.1) is 12.4 Å². The summed E-state index contributed by atoms with van der Waals surface area (Å²) in [6.45, 7) is 9.52. The molecule has 1 rings (SSSR count). The van der Waals surface area contributed by atoms with Gasteiger partial charge in [0.2, 0.25) is 5.91 Å². The van der Waals surface area contributed by atoms with Gasteiger partial charge in [-0.1, -0.05) is 20.8 Å². The van der Waals surface area contributed by atoms with Crippen LogP contribution in [-0.2, 0) is 4.79 Å². The molecule has 2 N–H and O–H groups in total.